The van der Waals surface area contributed by atoms with Crippen LogP contribution < -0.4 is 26.6 Å². The number of carboxylic acids is 1. The van der Waals surface area contributed by atoms with E-state index in [2.05, 4.69) is 26.6 Å². The van der Waals surface area contributed by atoms with Crippen molar-refractivity contribution in [3.8, 4) is 0 Å². The molecule has 218 valence electrons. The summed E-state index contributed by atoms with van der Waals surface area (Å²) in [5.74, 6) is -3.16. The van der Waals surface area contributed by atoms with Gasteiger partial charge in [-0.25, -0.2) is 4.79 Å². The highest BCUT2D eigenvalue weighted by molar-refractivity contribution is 5.84. The van der Waals surface area contributed by atoms with E-state index in [1.807, 2.05) is 6.92 Å². The van der Waals surface area contributed by atoms with Gasteiger partial charge < -0.3 is 41.9 Å². The zero-order chi connectivity index (χ0) is 28.9. The van der Waals surface area contributed by atoms with Crippen molar-refractivity contribution < 1.29 is 44.1 Å². The molecular weight excluding hydrogens is 502 g/mol. The van der Waals surface area contributed by atoms with Crippen LogP contribution in [0.25, 0.3) is 0 Å². The van der Waals surface area contributed by atoms with Crippen LogP contribution in [0.2, 0.25) is 0 Å². The second kappa shape index (κ2) is 20.8. The Morgan fingerprint density at radius 2 is 1.13 bits per heavy atom. The smallest absolute Gasteiger partial charge is 0.326 e. The second-order valence-corrected chi connectivity index (χ2v) is 8.87. The van der Waals surface area contributed by atoms with Crippen molar-refractivity contribution in [3.63, 3.8) is 0 Å². The van der Waals surface area contributed by atoms with Crippen molar-refractivity contribution in [3.05, 3.63) is 0 Å². The van der Waals surface area contributed by atoms with Gasteiger partial charge in [0.2, 0.25) is 29.5 Å². The fraction of sp³-hybridized carbons (Fsp3) is 0.750. The van der Waals surface area contributed by atoms with Gasteiger partial charge in [0.05, 0.1) is 6.04 Å². The zero-order valence-electron chi connectivity index (χ0n) is 22.2. The van der Waals surface area contributed by atoms with Crippen LogP contribution in [0.5, 0.6) is 0 Å². The largest absolute Gasteiger partial charge is 0.480 e. The summed E-state index contributed by atoms with van der Waals surface area (Å²) in [6, 6.07) is -2.23. The number of carboxylic acid groups (broad SMARTS) is 1. The van der Waals surface area contributed by atoms with Crippen LogP contribution in [0.3, 0.4) is 0 Å². The van der Waals surface area contributed by atoms with Crippen molar-refractivity contribution in [1.29, 1.82) is 0 Å². The second-order valence-electron chi connectivity index (χ2n) is 8.87. The van der Waals surface area contributed by atoms with Crippen molar-refractivity contribution in [2.75, 3.05) is 19.6 Å². The molecule has 0 rings (SSSR count). The number of carbonyl (C=O) groups excluding carboxylic acids is 5. The lowest BCUT2D eigenvalue weighted by Gasteiger charge is -2.19. The third-order valence-electron chi connectivity index (χ3n) is 5.38. The molecule has 0 aromatic carbocycles. The number of nitrogens with one attached hydrogen (secondary N) is 5. The van der Waals surface area contributed by atoms with E-state index in [1.54, 1.807) is 0 Å². The van der Waals surface area contributed by atoms with Gasteiger partial charge in [-0.1, -0.05) is 13.3 Å². The Balaban J connectivity index is 4.15. The first-order valence-corrected chi connectivity index (χ1v) is 12.9. The lowest BCUT2D eigenvalue weighted by atomic mass is 10.1. The van der Waals surface area contributed by atoms with Gasteiger partial charge in [-0.2, -0.15) is 0 Å². The maximum atomic E-state index is 12.1. The third kappa shape index (κ3) is 18.9. The molecule has 14 heteroatoms. The van der Waals surface area contributed by atoms with Gasteiger partial charge in [0.1, 0.15) is 6.04 Å². The predicted molar refractivity (Wildman–Crippen MR) is 136 cm³/mol. The fourth-order valence-electron chi connectivity index (χ4n) is 3.27. The molecule has 0 aliphatic rings. The maximum Gasteiger partial charge on any atom is 0.326 e. The van der Waals surface area contributed by atoms with Crippen LogP contribution in [0.15, 0.2) is 0 Å². The number of rotatable bonds is 21. The number of hydrogen-bond donors (Lipinski definition) is 8. The minimum Gasteiger partial charge on any atom is -0.480 e. The van der Waals surface area contributed by atoms with E-state index in [0.717, 1.165) is 12.8 Å². The van der Waals surface area contributed by atoms with Crippen LogP contribution in [-0.2, 0) is 28.8 Å². The van der Waals surface area contributed by atoms with E-state index in [9.17, 15) is 44.1 Å². The van der Waals surface area contributed by atoms with Gasteiger partial charge in [0, 0.05) is 52.2 Å². The molecule has 0 aromatic heterocycles. The molecule has 0 heterocycles. The van der Waals surface area contributed by atoms with Crippen molar-refractivity contribution in [2.45, 2.75) is 96.4 Å². The maximum absolute atomic E-state index is 12.1. The Labute approximate surface area is 222 Å². The number of unbranched alkanes of at least 4 members (excludes halogenated alkanes) is 1. The number of hydrogen-bond acceptors (Lipinski definition) is 8. The summed E-state index contributed by atoms with van der Waals surface area (Å²) in [7, 11) is 0. The summed E-state index contributed by atoms with van der Waals surface area (Å²) in [6.07, 6.45) is 0.699. The van der Waals surface area contributed by atoms with Crippen molar-refractivity contribution in [2.24, 2.45) is 0 Å². The molecule has 0 fully saturated rings. The first-order valence-electron chi connectivity index (χ1n) is 12.9. The molecule has 2 atom stereocenters. The summed E-state index contributed by atoms with van der Waals surface area (Å²) in [4.78, 5) is 70.0. The molecular formula is C24H43N5O9. The molecule has 0 spiro atoms. The Morgan fingerprint density at radius 3 is 1.61 bits per heavy atom. The third-order valence-corrected chi connectivity index (χ3v) is 5.38. The first kappa shape index (κ1) is 34.7. The molecule has 38 heavy (non-hydrogen) atoms. The molecule has 0 bridgehead atoms. The number of carbonyl (C=O) groups is 6. The molecule has 0 aromatic rings. The minimum absolute atomic E-state index is 0.00577. The predicted octanol–water partition coefficient (Wildman–Crippen LogP) is -1.36. The number of amides is 5. The Hall–Kier alpha value is -3.26. The molecule has 0 aliphatic carbocycles. The molecule has 0 aliphatic heterocycles. The summed E-state index contributed by atoms with van der Waals surface area (Å²) in [5.41, 5.74) is 0. The summed E-state index contributed by atoms with van der Waals surface area (Å²) in [6.45, 7) is 4.27. The minimum atomic E-state index is -1.81. The average molecular weight is 546 g/mol. The van der Waals surface area contributed by atoms with Gasteiger partial charge in [-0.05, 0) is 32.1 Å². The first-order chi connectivity index (χ1) is 18.0. The molecule has 8 N–H and O–H groups in total. The summed E-state index contributed by atoms with van der Waals surface area (Å²) >= 11 is 0. The normalized spacial score (nSPS) is 12.2. The number of aliphatic hydroxyl groups excluding tert-OH is 1. The molecule has 0 saturated heterocycles. The summed E-state index contributed by atoms with van der Waals surface area (Å²) < 4.78 is 0. The zero-order valence-corrected chi connectivity index (χ0v) is 22.2. The van der Waals surface area contributed by atoms with Crippen LogP contribution in [0, 0.1) is 0 Å². The lowest BCUT2D eigenvalue weighted by Crippen LogP contribution is -2.43. The van der Waals surface area contributed by atoms with Gasteiger partial charge in [0.15, 0.2) is 6.29 Å². The SMILES string of the molecule is CCCCNC(=O)CCCNC(=O)CCC(NC(=O)CCCNC(=O)CCC(NC(C)=O)C(O)O)C(=O)O. The lowest BCUT2D eigenvalue weighted by molar-refractivity contribution is -0.142. The van der Waals surface area contributed by atoms with E-state index in [0.29, 0.717) is 13.0 Å². The van der Waals surface area contributed by atoms with Crippen LogP contribution in [0.4, 0.5) is 0 Å². The van der Waals surface area contributed by atoms with Crippen LogP contribution >= 0.6 is 0 Å². The van der Waals surface area contributed by atoms with Gasteiger partial charge in [-0.15, -0.1) is 0 Å². The average Bonchev–Trinajstić information content (AvgIpc) is 2.84. The van der Waals surface area contributed by atoms with E-state index in [1.165, 1.54) is 6.92 Å². The van der Waals surface area contributed by atoms with Gasteiger partial charge in [-0.3, -0.25) is 24.0 Å². The van der Waals surface area contributed by atoms with Crippen molar-refractivity contribution >= 4 is 35.5 Å². The Kier molecular flexibility index (Phi) is 19.0. The van der Waals surface area contributed by atoms with Gasteiger partial charge in [0.25, 0.3) is 0 Å². The molecule has 2 unspecified atom stereocenters. The van der Waals surface area contributed by atoms with Crippen LogP contribution in [-0.4, -0.2) is 88.8 Å². The highest BCUT2D eigenvalue weighted by Crippen LogP contribution is 2.03. The van der Waals surface area contributed by atoms with E-state index < -0.39 is 42.1 Å². The van der Waals surface area contributed by atoms with Gasteiger partial charge >= 0.3 is 5.97 Å². The standard InChI is InChI=1S/C24H43N5O9/c1-3-4-13-25-19(31)7-5-14-26-21(33)12-10-18(24(37)38)29-22(34)8-6-15-27-20(32)11-9-17(23(35)36)28-16(2)30/h17-18,23,35-36H,3-15H2,1-2H3,(H,25,31)(H,26,33)(H,27,32)(H,28,30)(H,29,34)(H,37,38). The topological polar surface area (TPSA) is 223 Å². The van der Waals surface area contributed by atoms with E-state index in [4.69, 9.17) is 0 Å². The fourth-order valence-corrected chi connectivity index (χ4v) is 3.27. The number of aliphatic hydroxyl groups is 2. The van der Waals surface area contributed by atoms with E-state index in [-0.39, 0.29) is 69.8 Å². The molecule has 5 amide bonds. The molecule has 0 saturated carbocycles. The monoisotopic (exact) mass is 545 g/mol. The van der Waals surface area contributed by atoms with E-state index >= 15 is 0 Å². The number of aliphatic carboxylic acids is 1. The Morgan fingerprint density at radius 1 is 0.658 bits per heavy atom. The Bertz CT molecular complexity index is 776. The summed E-state index contributed by atoms with van der Waals surface area (Å²) in [5, 5.41) is 40.4. The highest BCUT2D eigenvalue weighted by atomic mass is 16.5. The molecule has 14 nitrogen and oxygen atoms in total. The quantitative estimate of drug-likeness (QED) is 0.0629. The van der Waals surface area contributed by atoms with Crippen molar-refractivity contribution in [1.82, 2.24) is 26.6 Å². The van der Waals surface area contributed by atoms with Crippen LogP contribution in [0.1, 0.15) is 78.1 Å². The highest BCUT2D eigenvalue weighted by Gasteiger charge is 2.21. The molecule has 0 radical (unpaired) electrons.